The summed E-state index contributed by atoms with van der Waals surface area (Å²) in [4.78, 5) is 13.3. The summed E-state index contributed by atoms with van der Waals surface area (Å²) in [5.41, 5.74) is 0. The van der Waals surface area contributed by atoms with Crippen LogP contribution in [0.15, 0.2) is 0 Å². The Morgan fingerprint density at radius 3 is 2.50 bits per heavy atom. The molecule has 0 aromatic rings. The summed E-state index contributed by atoms with van der Waals surface area (Å²) in [6, 6.07) is 0. The van der Waals surface area contributed by atoms with Crippen molar-refractivity contribution in [3.63, 3.8) is 0 Å². The zero-order valence-electron chi connectivity index (χ0n) is 10.0. The number of aliphatic hydroxyl groups is 1. The molecule has 2 fully saturated rings. The van der Waals surface area contributed by atoms with E-state index >= 15 is 0 Å². The van der Waals surface area contributed by atoms with Gasteiger partial charge in [0.1, 0.15) is 5.78 Å². The first-order valence-corrected chi connectivity index (χ1v) is 6.66. The fraction of sp³-hybridized carbons (Fsp3) is 0.923. The molecule has 1 saturated heterocycles. The van der Waals surface area contributed by atoms with Gasteiger partial charge < -0.3 is 5.11 Å². The molecule has 0 aromatic carbocycles. The summed E-state index contributed by atoms with van der Waals surface area (Å²) in [6.45, 7) is 2.46. The Morgan fingerprint density at radius 1 is 1.25 bits per heavy atom. The molecule has 0 bridgehead atoms. The molecule has 1 aliphatic carbocycles. The Balaban J connectivity index is 1.66. The molecule has 0 spiro atoms. The maximum atomic E-state index is 11.1. The van der Waals surface area contributed by atoms with E-state index in [1.165, 1.54) is 25.7 Å². The summed E-state index contributed by atoms with van der Waals surface area (Å²) in [7, 11) is 0. The first-order chi connectivity index (χ1) is 7.74. The minimum Gasteiger partial charge on any atom is -0.392 e. The van der Waals surface area contributed by atoms with Crippen molar-refractivity contribution >= 4 is 5.78 Å². The van der Waals surface area contributed by atoms with E-state index in [1.54, 1.807) is 0 Å². The summed E-state index contributed by atoms with van der Waals surface area (Å²) in [5, 5.41) is 10.0. The first kappa shape index (κ1) is 12.1. The van der Waals surface area contributed by atoms with Crippen molar-refractivity contribution in [3.8, 4) is 0 Å². The van der Waals surface area contributed by atoms with Crippen LogP contribution in [0.3, 0.4) is 0 Å². The van der Waals surface area contributed by atoms with Gasteiger partial charge >= 0.3 is 0 Å². The molecule has 1 heterocycles. The number of Topliss-reactive ketones (excluding diaryl/α,β-unsaturated/α-hetero) is 1. The van der Waals surface area contributed by atoms with Gasteiger partial charge in [0, 0.05) is 32.5 Å². The van der Waals surface area contributed by atoms with Crippen LogP contribution in [0.4, 0.5) is 0 Å². The highest BCUT2D eigenvalue weighted by Gasteiger charge is 2.22. The van der Waals surface area contributed by atoms with Crippen molar-refractivity contribution in [2.75, 3.05) is 19.6 Å². The van der Waals surface area contributed by atoms with Crippen molar-refractivity contribution in [2.45, 2.75) is 51.0 Å². The van der Waals surface area contributed by atoms with Gasteiger partial charge in [-0.3, -0.25) is 9.69 Å². The molecule has 0 aromatic heterocycles. The van der Waals surface area contributed by atoms with Crippen LogP contribution < -0.4 is 0 Å². The van der Waals surface area contributed by atoms with Gasteiger partial charge in [-0.25, -0.2) is 0 Å². The predicted molar refractivity (Wildman–Crippen MR) is 63.3 cm³/mol. The van der Waals surface area contributed by atoms with E-state index in [9.17, 15) is 9.90 Å². The Bertz CT molecular complexity index is 226. The molecule has 3 nitrogen and oxygen atoms in total. The van der Waals surface area contributed by atoms with Gasteiger partial charge in [-0.15, -0.1) is 0 Å². The topological polar surface area (TPSA) is 40.5 Å². The van der Waals surface area contributed by atoms with E-state index in [4.69, 9.17) is 0 Å². The molecule has 1 atom stereocenters. The van der Waals surface area contributed by atoms with Crippen molar-refractivity contribution in [1.29, 1.82) is 0 Å². The smallest absolute Gasteiger partial charge is 0.135 e. The number of carbonyl (C=O) groups is 1. The molecule has 2 rings (SSSR count). The lowest BCUT2D eigenvalue weighted by atomic mass is 9.99. The molecular formula is C13H23NO2. The van der Waals surface area contributed by atoms with E-state index in [1.807, 2.05) is 0 Å². The summed E-state index contributed by atoms with van der Waals surface area (Å²) in [6.07, 6.45) is 7.42. The molecule has 92 valence electrons. The lowest BCUT2D eigenvalue weighted by Gasteiger charge is -2.28. The molecule has 0 radical (unpaired) electrons. The third-order valence-corrected chi connectivity index (χ3v) is 3.96. The molecular weight excluding hydrogens is 202 g/mol. The molecule has 1 unspecified atom stereocenters. The Kier molecular flexibility index (Phi) is 4.36. The third kappa shape index (κ3) is 3.56. The summed E-state index contributed by atoms with van der Waals surface area (Å²) < 4.78 is 0. The number of likely N-dealkylation sites (tertiary alicyclic amines) is 1. The minimum absolute atomic E-state index is 0.184. The normalized spacial score (nSPS) is 26.2. The summed E-state index contributed by atoms with van der Waals surface area (Å²) in [5.74, 6) is 1.13. The monoisotopic (exact) mass is 225 g/mol. The standard InChI is InChI=1S/C13H23NO2/c15-12-5-7-14(8-6-12)10-13(16)9-11-3-1-2-4-11/h11,13,16H,1-10H2. The number of hydrogen-bond acceptors (Lipinski definition) is 3. The maximum absolute atomic E-state index is 11.1. The molecule has 1 saturated carbocycles. The van der Waals surface area contributed by atoms with Crippen molar-refractivity contribution in [2.24, 2.45) is 5.92 Å². The van der Waals surface area contributed by atoms with Crippen molar-refractivity contribution < 1.29 is 9.90 Å². The quantitative estimate of drug-likeness (QED) is 0.790. The van der Waals surface area contributed by atoms with Gasteiger partial charge in [-0.2, -0.15) is 0 Å². The number of nitrogens with zero attached hydrogens (tertiary/aromatic N) is 1. The number of piperidine rings is 1. The van der Waals surface area contributed by atoms with E-state index in [-0.39, 0.29) is 6.10 Å². The van der Waals surface area contributed by atoms with E-state index < -0.39 is 0 Å². The average molecular weight is 225 g/mol. The van der Waals surface area contributed by atoms with Crippen LogP contribution in [0.1, 0.15) is 44.9 Å². The number of ketones is 1. The van der Waals surface area contributed by atoms with Crippen molar-refractivity contribution in [3.05, 3.63) is 0 Å². The lowest BCUT2D eigenvalue weighted by molar-refractivity contribution is -0.121. The molecule has 3 heteroatoms. The third-order valence-electron chi connectivity index (χ3n) is 3.96. The van der Waals surface area contributed by atoms with Gasteiger partial charge in [-0.1, -0.05) is 25.7 Å². The fourth-order valence-electron chi connectivity index (χ4n) is 2.99. The zero-order valence-corrected chi connectivity index (χ0v) is 10.0. The second-order valence-corrected chi connectivity index (χ2v) is 5.38. The second-order valence-electron chi connectivity index (χ2n) is 5.38. The number of aliphatic hydroxyl groups excluding tert-OH is 1. The van der Waals surface area contributed by atoms with E-state index in [0.29, 0.717) is 18.6 Å². The van der Waals surface area contributed by atoms with Crippen LogP contribution in [-0.4, -0.2) is 41.5 Å². The highest BCUT2D eigenvalue weighted by atomic mass is 16.3. The molecule has 1 aliphatic heterocycles. The maximum Gasteiger partial charge on any atom is 0.135 e. The van der Waals surface area contributed by atoms with Gasteiger partial charge in [0.15, 0.2) is 0 Å². The van der Waals surface area contributed by atoms with Crippen LogP contribution in [0.25, 0.3) is 0 Å². The number of hydrogen-bond donors (Lipinski definition) is 1. The van der Waals surface area contributed by atoms with Crippen LogP contribution in [0, 0.1) is 5.92 Å². The van der Waals surface area contributed by atoms with Crippen molar-refractivity contribution in [1.82, 2.24) is 4.90 Å². The van der Waals surface area contributed by atoms with Gasteiger partial charge in [0.05, 0.1) is 6.10 Å². The number of β-amino-alcohol motifs (C(OH)–C–C–N with tert-alkyl or cyclic N) is 1. The highest BCUT2D eigenvalue weighted by molar-refractivity contribution is 5.79. The number of rotatable bonds is 4. The van der Waals surface area contributed by atoms with E-state index in [2.05, 4.69) is 4.90 Å². The molecule has 0 amide bonds. The Morgan fingerprint density at radius 2 is 1.88 bits per heavy atom. The Labute approximate surface area is 97.8 Å². The van der Waals surface area contributed by atoms with E-state index in [0.717, 1.165) is 32.0 Å². The summed E-state index contributed by atoms with van der Waals surface area (Å²) >= 11 is 0. The fourth-order valence-corrected chi connectivity index (χ4v) is 2.99. The number of carbonyl (C=O) groups excluding carboxylic acids is 1. The first-order valence-electron chi connectivity index (χ1n) is 6.66. The molecule has 2 aliphatic rings. The zero-order chi connectivity index (χ0) is 11.4. The largest absolute Gasteiger partial charge is 0.392 e. The predicted octanol–water partition coefficient (Wildman–Crippen LogP) is 1.59. The Hall–Kier alpha value is -0.410. The van der Waals surface area contributed by atoms with Crippen LogP contribution >= 0.6 is 0 Å². The molecule has 1 N–H and O–H groups in total. The lowest BCUT2D eigenvalue weighted by Crippen LogP contribution is -2.39. The van der Waals surface area contributed by atoms with Crippen LogP contribution in [0.5, 0.6) is 0 Å². The van der Waals surface area contributed by atoms with Gasteiger partial charge in [0.25, 0.3) is 0 Å². The highest BCUT2D eigenvalue weighted by Crippen LogP contribution is 2.28. The van der Waals surface area contributed by atoms with Gasteiger partial charge in [0.2, 0.25) is 0 Å². The minimum atomic E-state index is -0.184. The second kappa shape index (κ2) is 5.78. The van der Waals surface area contributed by atoms with Crippen LogP contribution in [-0.2, 0) is 4.79 Å². The SMILES string of the molecule is O=C1CCN(CC(O)CC2CCCC2)CC1. The molecule has 16 heavy (non-hydrogen) atoms. The van der Waals surface area contributed by atoms with Gasteiger partial charge in [-0.05, 0) is 12.3 Å². The average Bonchev–Trinajstić information content (AvgIpc) is 2.74. The van der Waals surface area contributed by atoms with Crippen LogP contribution in [0.2, 0.25) is 0 Å².